The first-order valence-electron chi connectivity index (χ1n) is 7.52. The van der Waals surface area contributed by atoms with Crippen molar-refractivity contribution in [2.24, 2.45) is 0 Å². The maximum atomic E-state index is 12.1. The molecule has 6 nitrogen and oxygen atoms in total. The Bertz CT molecular complexity index is 751. The fourth-order valence-electron chi connectivity index (χ4n) is 2.19. The van der Waals surface area contributed by atoms with E-state index in [-0.39, 0.29) is 5.91 Å². The highest BCUT2D eigenvalue weighted by atomic mass is 32.1. The van der Waals surface area contributed by atoms with Gasteiger partial charge in [0, 0.05) is 13.1 Å². The number of nitrogens with zero attached hydrogens (tertiary/aromatic N) is 2. The van der Waals surface area contributed by atoms with Gasteiger partial charge in [0.25, 0.3) is 5.91 Å². The molecule has 1 heterocycles. The summed E-state index contributed by atoms with van der Waals surface area (Å²) in [7, 11) is 0. The van der Waals surface area contributed by atoms with Crippen LogP contribution in [0.1, 0.15) is 23.9 Å². The zero-order valence-corrected chi connectivity index (χ0v) is 14.7. The van der Waals surface area contributed by atoms with Crippen molar-refractivity contribution in [1.29, 1.82) is 0 Å². The molecule has 2 N–H and O–H groups in total. The van der Waals surface area contributed by atoms with Gasteiger partial charge in [-0.05, 0) is 57.1 Å². The Labute approximate surface area is 140 Å². The summed E-state index contributed by atoms with van der Waals surface area (Å²) in [5.74, 6) is 1.38. The first-order chi connectivity index (χ1) is 10.9. The number of rotatable bonds is 6. The molecule has 1 atom stereocenters. The van der Waals surface area contributed by atoms with E-state index in [2.05, 4.69) is 15.5 Å². The van der Waals surface area contributed by atoms with Crippen molar-refractivity contribution in [2.45, 2.75) is 40.3 Å². The number of benzene rings is 1. The van der Waals surface area contributed by atoms with Gasteiger partial charge in [0.05, 0.1) is 0 Å². The number of carbonyl (C=O) groups is 1. The summed E-state index contributed by atoms with van der Waals surface area (Å²) < 4.78 is 8.16. The molecule has 124 valence electrons. The van der Waals surface area contributed by atoms with Gasteiger partial charge < -0.3 is 14.6 Å². The number of carbonyl (C=O) groups excluding carboxylic acids is 1. The minimum atomic E-state index is -0.561. The first kappa shape index (κ1) is 17.2. The molecule has 23 heavy (non-hydrogen) atoms. The van der Waals surface area contributed by atoms with Crippen LogP contribution >= 0.6 is 12.2 Å². The Hall–Kier alpha value is -2.15. The topological polar surface area (TPSA) is 71.9 Å². The van der Waals surface area contributed by atoms with Crippen LogP contribution in [0.4, 0.5) is 0 Å². The molecule has 0 aliphatic rings. The van der Waals surface area contributed by atoms with E-state index in [0.717, 1.165) is 22.7 Å². The summed E-state index contributed by atoms with van der Waals surface area (Å²) >= 11 is 5.12. The van der Waals surface area contributed by atoms with Crippen LogP contribution < -0.4 is 10.1 Å². The number of aromatic amines is 1. The van der Waals surface area contributed by atoms with E-state index in [9.17, 15) is 4.79 Å². The lowest BCUT2D eigenvalue weighted by Gasteiger charge is -2.17. The maximum Gasteiger partial charge on any atom is 0.260 e. The Morgan fingerprint density at radius 3 is 2.83 bits per heavy atom. The van der Waals surface area contributed by atoms with Gasteiger partial charge >= 0.3 is 0 Å². The van der Waals surface area contributed by atoms with Crippen LogP contribution in [0.3, 0.4) is 0 Å². The molecule has 0 aliphatic carbocycles. The van der Waals surface area contributed by atoms with Crippen molar-refractivity contribution in [2.75, 3.05) is 6.54 Å². The first-order valence-corrected chi connectivity index (χ1v) is 7.93. The molecular formula is C16H22N4O2S. The van der Waals surface area contributed by atoms with Gasteiger partial charge in [0.1, 0.15) is 11.6 Å². The zero-order valence-electron chi connectivity index (χ0n) is 13.8. The van der Waals surface area contributed by atoms with Crippen molar-refractivity contribution in [3.05, 3.63) is 39.9 Å². The molecule has 7 heteroatoms. The molecule has 1 amide bonds. The Kier molecular flexibility index (Phi) is 5.54. The Balaban J connectivity index is 1.88. The second-order valence-electron chi connectivity index (χ2n) is 5.48. The van der Waals surface area contributed by atoms with Crippen molar-refractivity contribution >= 4 is 18.1 Å². The van der Waals surface area contributed by atoms with E-state index in [4.69, 9.17) is 17.0 Å². The largest absolute Gasteiger partial charge is 0.481 e. The average Bonchev–Trinajstić information content (AvgIpc) is 2.83. The lowest BCUT2D eigenvalue weighted by atomic mass is 10.1. The molecule has 0 fully saturated rings. The normalized spacial score (nSPS) is 12.0. The number of amides is 1. The van der Waals surface area contributed by atoms with Crippen molar-refractivity contribution in [3.63, 3.8) is 0 Å². The third kappa shape index (κ3) is 4.19. The summed E-state index contributed by atoms with van der Waals surface area (Å²) in [5, 5.41) is 9.61. The average molecular weight is 334 g/mol. The van der Waals surface area contributed by atoms with Gasteiger partial charge in [-0.15, -0.1) is 0 Å². The van der Waals surface area contributed by atoms with Crippen molar-refractivity contribution in [1.82, 2.24) is 20.1 Å². The highest BCUT2D eigenvalue weighted by molar-refractivity contribution is 7.71. The Morgan fingerprint density at radius 1 is 1.43 bits per heavy atom. The van der Waals surface area contributed by atoms with Crippen LogP contribution in [0.15, 0.2) is 18.2 Å². The van der Waals surface area contributed by atoms with Crippen LogP contribution in [0.2, 0.25) is 0 Å². The monoisotopic (exact) mass is 334 g/mol. The number of hydrogen-bond acceptors (Lipinski definition) is 4. The molecule has 1 aromatic heterocycles. The highest BCUT2D eigenvalue weighted by Gasteiger charge is 2.15. The zero-order chi connectivity index (χ0) is 17.0. The summed E-state index contributed by atoms with van der Waals surface area (Å²) in [5.41, 5.74) is 2.19. The molecular weight excluding hydrogens is 312 g/mol. The van der Waals surface area contributed by atoms with Crippen LogP contribution in [0.25, 0.3) is 0 Å². The molecule has 0 spiro atoms. The molecule has 0 radical (unpaired) electrons. The number of ether oxygens (including phenoxy) is 1. The summed E-state index contributed by atoms with van der Waals surface area (Å²) in [6.07, 6.45) is -0.561. The second-order valence-corrected chi connectivity index (χ2v) is 5.86. The van der Waals surface area contributed by atoms with Crippen LogP contribution in [-0.2, 0) is 11.3 Å². The van der Waals surface area contributed by atoms with E-state index in [0.29, 0.717) is 17.9 Å². The number of H-pyrrole nitrogens is 1. The summed E-state index contributed by atoms with van der Waals surface area (Å²) in [6.45, 7) is 8.64. The smallest absolute Gasteiger partial charge is 0.260 e. The molecule has 0 aliphatic heterocycles. The minimum absolute atomic E-state index is 0.154. The number of aryl methyl sites for hydroxylation is 2. The predicted octanol–water partition coefficient (Wildman–Crippen LogP) is 2.45. The highest BCUT2D eigenvalue weighted by Crippen LogP contribution is 2.21. The van der Waals surface area contributed by atoms with Gasteiger partial charge in [-0.25, -0.2) is 0 Å². The summed E-state index contributed by atoms with van der Waals surface area (Å²) in [4.78, 5) is 12.1. The Morgan fingerprint density at radius 2 is 2.17 bits per heavy atom. The standard InChI is InChI=1S/C16H22N4O2S/c1-10-6-5-7-14(11(10)2)22-12(3)15(21)17-8-9-20-13(4)18-19-16(20)23/h5-7,12H,8-9H2,1-4H3,(H,17,21)(H,19,23)/t12-/m1/s1. The van der Waals surface area contributed by atoms with E-state index in [1.165, 1.54) is 0 Å². The van der Waals surface area contributed by atoms with Crippen molar-refractivity contribution in [3.8, 4) is 5.75 Å². The number of nitrogens with one attached hydrogen (secondary N) is 2. The van der Waals surface area contributed by atoms with Crippen LogP contribution in [0.5, 0.6) is 5.75 Å². The van der Waals surface area contributed by atoms with E-state index < -0.39 is 6.10 Å². The molecule has 0 bridgehead atoms. The number of hydrogen-bond donors (Lipinski definition) is 2. The molecule has 2 rings (SSSR count). The van der Waals surface area contributed by atoms with Crippen LogP contribution in [-0.4, -0.2) is 33.3 Å². The third-order valence-corrected chi connectivity index (χ3v) is 4.12. The molecule has 2 aromatic rings. The van der Waals surface area contributed by atoms with Gasteiger partial charge in [-0.3, -0.25) is 9.89 Å². The van der Waals surface area contributed by atoms with Crippen LogP contribution in [0, 0.1) is 25.5 Å². The lowest BCUT2D eigenvalue weighted by molar-refractivity contribution is -0.127. The molecule has 1 aromatic carbocycles. The fraction of sp³-hybridized carbons (Fsp3) is 0.438. The predicted molar refractivity (Wildman–Crippen MR) is 91.2 cm³/mol. The molecule has 0 unspecified atom stereocenters. The third-order valence-electron chi connectivity index (χ3n) is 3.81. The maximum absolute atomic E-state index is 12.1. The lowest BCUT2D eigenvalue weighted by Crippen LogP contribution is -2.38. The van der Waals surface area contributed by atoms with Gasteiger partial charge in [0.15, 0.2) is 10.9 Å². The van der Waals surface area contributed by atoms with E-state index in [1.807, 2.05) is 43.5 Å². The minimum Gasteiger partial charge on any atom is -0.481 e. The van der Waals surface area contributed by atoms with Gasteiger partial charge in [-0.2, -0.15) is 5.10 Å². The molecule has 0 saturated carbocycles. The molecule has 0 saturated heterocycles. The number of aromatic nitrogens is 3. The SMILES string of the molecule is Cc1cccc(O[C@H](C)C(=O)NCCn2c(C)n[nH]c2=S)c1C. The van der Waals surface area contributed by atoms with E-state index in [1.54, 1.807) is 6.92 Å². The quantitative estimate of drug-likeness (QED) is 0.796. The van der Waals surface area contributed by atoms with Gasteiger partial charge in [0.2, 0.25) is 0 Å². The van der Waals surface area contributed by atoms with Crippen molar-refractivity contribution < 1.29 is 9.53 Å². The fourth-order valence-corrected chi connectivity index (χ4v) is 2.46. The van der Waals surface area contributed by atoms with E-state index >= 15 is 0 Å². The second kappa shape index (κ2) is 7.41. The van der Waals surface area contributed by atoms with Gasteiger partial charge in [-0.1, -0.05) is 12.1 Å². The summed E-state index contributed by atoms with van der Waals surface area (Å²) in [6, 6.07) is 5.82.